The number of nitrogens with zero attached hydrogens (tertiary/aromatic N) is 3. The summed E-state index contributed by atoms with van der Waals surface area (Å²) in [4.78, 5) is 14.2. The first-order chi connectivity index (χ1) is 22.1. The normalized spacial score (nSPS) is 15.4. The molecule has 0 fully saturated rings. The maximum Gasteiger partial charge on any atom is 0.126 e. The summed E-state index contributed by atoms with van der Waals surface area (Å²) >= 11 is 0. The van der Waals surface area contributed by atoms with Gasteiger partial charge in [0.05, 0.1) is 16.8 Å². The van der Waals surface area contributed by atoms with Crippen LogP contribution in [0, 0.1) is 13.8 Å². The SMILES string of the molecule is Cc1nc(-c2ccccc2)cc(-c2ccc3c(c2)-c2ccccc2C32c3ccccc3-c3c(-c4cnccc4C)cccc32)n1. The van der Waals surface area contributed by atoms with Crippen LogP contribution in [0.5, 0.6) is 0 Å². The Morgan fingerprint density at radius 1 is 0.467 bits per heavy atom. The Labute approximate surface area is 263 Å². The van der Waals surface area contributed by atoms with Crippen molar-refractivity contribution >= 4 is 0 Å². The molecule has 2 aromatic heterocycles. The zero-order chi connectivity index (χ0) is 30.1. The van der Waals surface area contributed by atoms with E-state index in [-0.39, 0.29) is 0 Å². The predicted octanol–water partition coefficient (Wildman–Crippen LogP) is 9.83. The Morgan fingerprint density at radius 2 is 1.11 bits per heavy atom. The minimum Gasteiger partial charge on any atom is -0.264 e. The number of hydrogen-bond acceptors (Lipinski definition) is 3. The monoisotopic (exact) mass is 575 g/mol. The highest BCUT2D eigenvalue weighted by molar-refractivity contribution is 6.00. The molecule has 1 unspecified atom stereocenters. The summed E-state index contributed by atoms with van der Waals surface area (Å²) in [5, 5.41) is 0. The maximum atomic E-state index is 4.91. The van der Waals surface area contributed by atoms with E-state index in [1.165, 1.54) is 61.2 Å². The molecule has 0 radical (unpaired) electrons. The van der Waals surface area contributed by atoms with E-state index in [0.29, 0.717) is 0 Å². The largest absolute Gasteiger partial charge is 0.264 e. The van der Waals surface area contributed by atoms with Crippen LogP contribution in [-0.4, -0.2) is 15.0 Å². The summed E-state index contributed by atoms with van der Waals surface area (Å²) < 4.78 is 0. The predicted molar refractivity (Wildman–Crippen MR) is 182 cm³/mol. The average molecular weight is 576 g/mol. The summed E-state index contributed by atoms with van der Waals surface area (Å²) in [5.41, 5.74) is 17.7. The fourth-order valence-corrected chi connectivity index (χ4v) is 7.79. The molecule has 1 atom stereocenters. The molecule has 0 saturated carbocycles. The van der Waals surface area contributed by atoms with Gasteiger partial charge >= 0.3 is 0 Å². The van der Waals surface area contributed by atoms with Gasteiger partial charge in [-0.25, -0.2) is 9.97 Å². The molecule has 0 aliphatic heterocycles. The van der Waals surface area contributed by atoms with Crippen molar-refractivity contribution in [3.05, 3.63) is 173 Å². The lowest BCUT2D eigenvalue weighted by atomic mass is 9.70. The van der Waals surface area contributed by atoms with Crippen LogP contribution in [-0.2, 0) is 5.41 Å². The van der Waals surface area contributed by atoms with Crippen LogP contribution in [0.2, 0.25) is 0 Å². The molecule has 0 N–H and O–H groups in total. The van der Waals surface area contributed by atoms with E-state index in [0.717, 1.165) is 28.3 Å². The van der Waals surface area contributed by atoms with Crippen molar-refractivity contribution in [3.8, 4) is 55.9 Å². The first-order valence-corrected chi connectivity index (χ1v) is 15.4. The topological polar surface area (TPSA) is 38.7 Å². The van der Waals surface area contributed by atoms with Gasteiger partial charge in [0, 0.05) is 29.1 Å². The molecule has 2 aliphatic carbocycles. The molecule has 3 heteroatoms. The summed E-state index contributed by atoms with van der Waals surface area (Å²) in [5.74, 6) is 0.764. The summed E-state index contributed by atoms with van der Waals surface area (Å²) in [6.07, 6.45) is 3.88. The highest BCUT2D eigenvalue weighted by Gasteiger charge is 2.52. The van der Waals surface area contributed by atoms with Gasteiger partial charge in [-0.2, -0.15) is 0 Å². The number of aromatic nitrogens is 3. The third-order valence-corrected chi connectivity index (χ3v) is 9.65. The van der Waals surface area contributed by atoms with Crippen LogP contribution in [0.25, 0.3) is 55.9 Å². The molecule has 1 spiro atoms. The second-order valence-electron chi connectivity index (χ2n) is 12.1. The van der Waals surface area contributed by atoms with Crippen molar-refractivity contribution in [1.29, 1.82) is 0 Å². The van der Waals surface area contributed by atoms with Crippen molar-refractivity contribution in [2.45, 2.75) is 19.3 Å². The van der Waals surface area contributed by atoms with Crippen molar-refractivity contribution in [2.75, 3.05) is 0 Å². The van der Waals surface area contributed by atoms with Crippen LogP contribution in [0.3, 0.4) is 0 Å². The van der Waals surface area contributed by atoms with E-state index in [1.54, 1.807) is 0 Å². The van der Waals surface area contributed by atoms with Gasteiger partial charge in [-0.15, -0.1) is 0 Å². The van der Waals surface area contributed by atoms with Crippen molar-refractivity contribution in [3.63, 3.8) is 0 Å². The lowest BCUT2D eigenvalue weighted by molar-refractivity contribution is 0.794. The van der Waals surface area contributed by atoms with E-state index >= 15 is 0 Å². The van der Waals surface area contributed by atoms with Crippen LogP contribution >= 0.6 is 0 Å². The molecule has 45 heavy (non-hydrogen) atoms. The van der Waals surface area contributed by atoms with E-state index < -0.39 is 5.41 Å². The van der Waals surface area contributed by atoms with Gasteiger partial charge in [-0.1, -0.05) is 109 Å². The molecule has 2 heterocycles. The highest BCUT2D eigenvalue weighted by Crippen LogP contribution is 2.64. The van der Waals surface area contributed by atoms with Gasteiger partial charge in [0.25, 0.3) is 0 Å². The van der Waals surface area contributed by atoms with Gasteiger partial charge in [0.15, 0.2) is 0 Å². The molecule has 2 aliphatic rings. The number of fused-ring (bicyclic) bond motifs is 10. The second kappa shape index (κ2) is 9.67. The van der Waals surface area contributed by atoms with Crippen molar-refractivity contribution in [1.82, 2.24) is 15.0 Å². The average Bonchev–Trinajstić information content (AvgIpc) is 3.56. The first-order valence-electron chi connectivity index (χ1n) is 15.4. The number of benzene rings is 5. The lowest BCUT2D eigenvalue weighted by Crippen LogP contribution is -2.25. The smallest absolute Gasteiger partial charge is 0.126 e. The molecular weight excluding hydrogens is 546 g/mol. The van der Waals surface area contributed by atoms with E-state index in [1.807, 2.05) is 25.4 Å². The van der Waals surface area contributed by atoms with E-state index in [2.05, 4.69) is 133 Å². The standard InChI is InChI=1S/C42H29N3/c1-26-21-22-43-25-34(26)31-15-10-18-38-41(31)32-14-7-9-17-36(32)42(38)35-16-8-6-13-30(35)33-23-29(19-20-37(33)42)40-24-39(44-27(2)45-40)28-11-4-3-5-12-28/h3-25H,1-2H3. The van der Waals surface area contributed by atoms with Crippen molar-refractivity contribution < 1.29 is 0 Å². The maximum absolute atomic E-state index is 4.91. The molecule has 5 aromatic carbocycles. The quantitative estimate of drug-likeness (QED) is 0.210. The summed E-state index contributed by atoms with van der Waals surface area (Å²) in [6.45, 7) is 4.15. The fraction of sp³-hybridized carbons (Fsp3) is 0.0714. The summed E-state index contributed by atoms with van der Waals surface area (Å²) in [7, 11) is 0. The van der Waals surface area contributed by atoms with Crippen molar-refractivity contribution in [2.24, 2.45) is 0 Å². The summed E-state index contributed by atoms with van der Waals surface area (Å²) in [6, 6.07) is 46.2. The van der Waals surface area contributed by atoms with Gasteiger partial charge < -0.3 is 0 Å². The molecule has 0 saturated heterocycles. The highest BCUT2D eigenvalue weighted by atomic mass is 14.9. The molecule has 9 rings (SSSR count). The first kappa shape index (κ1) is 25.8. The lowest BCUT2D eigenvalue weighted by Gasteiger charge is -2.30. The molecule has 0 bridgehead atoms. The minimum absolute atomic E-state index is 0.417. The Bertz CT molecular complexity index is 2300. The molecule has 3 nitrogen and oxygen atoms in total. The second-order valence-corrected chi connectivity index (χ2v) is 12.1. The molecule has 212 valence electrons. The fourth-order valence-electron chi connectivity index (χ4n) is 7.79. The van der Waals surface area contributed by atoms with Crippen LogP contribution in [0.15, 0.2) is 140 Å². The zero-order valence-electron chi connectivity index (χ0n) is 25.1. The number of pyridine rings is 1. The third-order valence-electron chi connectivity index (χ3n) is 9.65. The van der Waals surface area contributed by atoms with E-state index in [4.69, 9.17) is 9.97 Å². The Kier molecular flexibility index (Phi) is 5.54. The zero-order valence-corrected chi connectivity index (χ0v) is 25.1. The molecule has 0 amide bonds. The Balaban J connectivity index is 1.31. The molecule has 7 aromatic rings. The van der Waals surface area contributed by atoms with Gasteiger partial charge in [0.2, 0.25) is 0 Å². The number of aryl methyl sites for hydroxylation is 2. The van der Waals surface area contributed by atoms with Gasteiger partial charge in [-0.3, -0.25) is 4.98 Å². The van der Waals surface area contributed by atoms with E-state index in [9.17, 15) is 0 Å². The van der Waals surface area contributed by atoms with Crippen LogP contribution in [0.4, 0.5) is 0 Å². The molecular formula is C42H29N3. The van der Waals surface area contributed by atoms with Gasteiger partial charge in [-0.05, 0) is 87.7 Å². The number of hydrogen-bond donors (Lipinski definition) is 0. The van der Waals surface area contributed by atoms with Crippen LogP contribution in [0.1, 0.15) is 33.6 Å². The Hall–Kier alpha value is -5.67. The minimum atomic E-state index is -0.417. The number of rotatable bonds is 3. The van der Waals surface area contributed by atoms with Gasteiger partial charge in [0.1, 0.15) is 5.82 Å². The Morgan fingerprint density at radius 3 is 1.91 bits per heavy atom. The van der Waals surface area contributed by atoms with Crippen LogP contribution < -0.4 is 0 Å². The third kappa shape index (κ3) is 3.61.